The van der Waals surface area contributed by atoms with E-state index in [1.807, 2.05) is 0 Å². The molecule has 2 bridgehead atoms. The molecule has 3 aliphatic carbocycles. The molecule has 2 atom stereocenters. The maximum absolute atomic E-state index is 11.5. The van der Waals surface area contributed by atoms with Gasteiger partial charge >= 0.3 is 6.16 Å². The van der Waals surface area contributed by atoms with Crippen LogP contribution in [0.25, 0.3) is 0 Å². The third-order valence-electron chi connectivity index (χ3n) is 4.56. The van der Waals surface area contributed by atoms with Gasteiger partial charge in [0.1, 0.15) is 4.49 Å². The lowest BCUT2D eigenvalue weighted by molar-refractivity contribution is 0.0361. The molecule has 3 rings (SSSR count). The van der Waals surface area contributed by atoms with Crippen molar-refractivity contribution in [3.63, 3.8) is 0 Å². The number of hydrogen-bond acceptors (Lipinski definition) is 4. The monoisotopic (exact) mass is 343 g/mol. The third kappa shape index (κ3) is 2.79. The predicted octanol–water partition coefficient (Wildman–Crippen LogP) is 5.11. The number of allylic oxidation sites excluding steroid dienone is 3. The second kappa shape index (κ2) is 6.25. The predicted molar refractivity (Wildman–Crippen MR) is 86.0 cm³/mol. The van der Waals surface area contributed by atoms with Gasteiger partial charge in [0.05, 0.1) is 11.8 Å². The SMILES string of the molecule is CC(C)OC(=O)O/N=C1\CCCC2=C1C1CCC2C1=C(Cl)Cl. The minimum Gasteiger partial charge on any atom is -0.430 e. The van der Waals surface area contributed by atoms with Crippen LogP contribution >= 0.6 is 23.2 Å². The lowest BCUT2D eigenvalue weighted by Gasteiger charge is -2.24. The minimum atomic E-state index is -0.760. The third-order valence-corrected chi connectivity index (χ3v) is 5.00. The van der Waals surface area contributed by atoms with Gasteiger partial charge in [-0.1, -0.05) is 33.9 Å². The molecular weight excluding hydrogens is 325 g/mol. The summed E-state index contributed by atoms with van der Waals surface area (Å²) < 4.78 is 5.33. The zero-order chi connectivity index (χ0) is 15.9. The first-order chi connectivity index (χ1) is 10.5. The Labute approximate surface area is 140 Å². The molecule has 0 radical (unpaired) electrons. The Kier molecular flexibility index (Phi) is 4.51. The Morgan fingerprint density at radius 2 is 1.95 bits per heavy atom. The van der Waals surface area contributed by atoms with Crippen molar-refractivity contribution >= 4 is 35.1 Å². The molecule has 0 spiro atoms. The second-order valence-corrected chi connectivity index (χ2v) is 7.19. The molecule has 1 fully saturated rings. The number of fused-ring (bicyclic) bond motifs is 4. The highest BCUT2D eigenvalue weighted by Gasteiger charge is 2.47. The van der Waals surface area contributed by atoms with E-state index in [0.717, 1.165) is 43.4 Å². The average molecular weight is 344 g/mol. The molecule has 0 heterocycles. The molecular formula is C16H19Cl2NO3. The number of rotatable bonds is 2. The first-order valence-corrected chi connectivity index (χ1v) is 8.47. The Bertz CT molecular complexity index is 588. The van der Waals surface area contributed by atoms with Crippen molar-refractivity contribution in [2.24, 2.45) is 17.0 Å². The standard InChI is InChI=1S/C16H19Cl2NO3/c1-8(2)21-16(20)22-19-12-5-3-4-9-10-6-7-11(13(9)12)14(10)15(17)18/h8,10-11H,3-7H2,1-2H3/b19-12+. The van der Waals surface area contributed by atoms with Gasteiger partial charge in [-0.3, -0.25) is 4.84 Å². The van der Waals surface area contributed by atoms with Gasteiger partial charge in [0.15, 0.2) is 0 Å². The van der Waals surface area contributed by atoms with Crippen molar-refractivity contribution in [2.45, 2.75) is 52.1 Å². The van der Waals surface area contributed by atoms with Gasteiger partial charge in [0.2, 0.25) is 0 Å². The fourth-order valence-corrected chi connectivity index (χ4v) is 4.43. The Balaban J connectivity index is 1.83. The van der Waals surface area contributed by atoms with Gasteiger partial charge in [-0.05, 0) is 57.1 Å². The summed E-state index contributed by atoms with van der Waals surface area (Å²) in [5.74, 6) is 0.604. The van der Waals surface area contributed by atoms with Crippen molar-refractivity contribution in [2.75, 3.05) is 0 Å². The summed E-state index contributed by atoms with van der Waals surface area (Å²) in [7, 11) is 0. The lowest BCUT2D eigenvalue weighted by Crippen LogP contribution is -2.19. The van der Waals surface area contributed by atoms with Crippen LogP contribution in [0.3, 0.4) is 0 Å². The van der Waals surface area contributed by atoms with E-state index in [1.54, 1.807) is 13.8 Å². The molecule has 0 amide bonds. The lowest BCUT2D eigenvalue weighted by atomic mass is 9.81. The summed E-state index contributed by atoms with van der Waals surface area (Å²) in [6.45, 7) is 3.54. The normalized spacial score (nSPS) is 28.4. The molecule has 0 saturated heterocycles. The van der Waals surface area contributed by atoms with E-state index in [0.29, 0.717) is 10.4 Å². The number of carbonyl (C=O) groups is 1. The molecule has 3 aliphatic rings. The van der Waals surface area contributed by atoms with Crippen LogP contribution < -0.4 is 0 Å². The smallest absolute Gasteiger partial charge is 0.430 e. The van der Waals surface area contributed by atoms with Crippen LogP contribution in [0, 0.1) is 11.8 Å². The van der Waals surface area contributed by atoms with E-state index in [1.165, 1.54) is 11.1 Å². The van der Waals surface area contributed by atoms with Gasteiger partial charge in [0, 0.05) is 11.8 Å². The van der Waals surface area contributed by atoms with Crippen molar-refractivity contribution in [1.82, 2.24) is 0 Å². The number of ether oxygens (including phenoxy) is 1. The summed E-state index contributed by atoms with van der Waals surface area (Å²) >= 11 is 12.2. The molecule has 0 aromatic heterocycles. The van der Waals surface area contributed by atoms with Crippen molar-refractivity contribution < 1.29 is 14.4 Å². The molecule has 22 heavy (non-hydrogen) atoms. The molecule has 0 aliphatic heterocycles. The van der Waals surface area contributed by atoms with Crippen molar-refractivity contribution in [3.8, 4) is 0 Å². The number of hydrogen-bond donors (Lipinski definition) is 0. The van der Waals surface area contributed by atoms with Crippen LogP contribution in [-0.4, -0.2) is 18.0 Å². The van der Waals surface area contributed by atoms with Crippen molar-refractivity contribution in [1.29, 1.82) is 0 Å². The average Bonchev–Trinajstić information content (AvgIpc) is 3.01. The van der Waals surface area contributed by atoms with Crippen LogP contribution in [0.1, 0.15) is 46.0 Å². The summed E-state index contributed by atoms with van der Waals surface area (Å²) in [5, 5.41) is 4.07. The zero-order valence-electron chi connectivity index (χ0n) is 12.7. The molecule has 6 heteroatoms. The van der Waals surface area contributed by atoms with Crippen LogP contribution in [-0.2, 0) is 9.57 Å². The van der Waals surface area contributed by atoms with Gasteiger partial charge in [-0.2, -0.15) is 0 Å². The Morgan fingerprint density at radius 3 is 2.64 bits per heavy atom. The summed E-state index contributed by atoms with van der Waals surface area (Å²) in [6.07, 6.45) is 4.03. The van der Waals surface area contributed by atoms with E-state index >= 15 is 0 Å². The maximum atomic E-state index is 11.5. The van der Waals surface area contributed by atoms with Gasteiger partial charge in [-0.15, -0.1) is 0 Å². The Hall–Kier alpha value is -1.000. The highest BCUT2D eigenvalue weighted by atomic mass is 35.5. The van der Waals surface area contributed by atoms with E-state index in [2.05, 4.69) is 5.16 Å². The maximum Gasteiger partial charge on any atom is 0.535 e. The van der Waals surface area contributed by atoms with E-state index < -0.39 is 6.16 Å². The Morgan fingerprint density at radius 1 is 1.23 bits per heavy atom. The molecule has 0 N–H and O–H groups in total. The number of carbonyl (C=O) groups excluding carboxylic acids is 1. The minimum absolute atomic E-state index is 0.221. The van der Waals surface area contributed by atoms with Crippen LogP contribution in [0.5, 0.6) is 0 Å². The van der Waals surface area contributed by atoms with Gasteiger partial charge in [-0.25, -0.2) is 4.79 Å². The van der Waals surface area contributed by atoms with Crippen molar-refractivity contribution in [3.05, 3.63) is 21.2 Å². The first-order valence-electron chi connectivity index (χ1n) is 7.72. The van der Waals surface area contributed by atoms with E-state index in [4.69, 9.17) is 32.8 Å². The van der Waals surface area contributed by atoms with Crippen LogP contribution in [0.4, 0.5) is 4.79 Å². The number of nitrogens with zero attached hydrogens (tertiary/aromatic N) is 1. The molecule has 0 aromatic rings. The zero-order valence-corrected chi connectivity index (χ0v) is 14.2. The molecule has 2 unspecified atom stereocenters. The summed E-state index contributed by atoms with van der Waals surface area (Å²) in [5.41, 5.74) is 4.57. The van der Waals surface area contributed by atoms with E-state index in [-0.39, 0.29) is 12.0 Å². The highest BCUT2D eigenvalue weighted by Crippen LogP contribution is 2.57. The molecule has 120 valence electrons. The highest BCUT2D eigenvalue weighted by molar-refractivity contribution is 6.56. The van der Waals surface area contributed by atoms with E-state index in [9.17, 15) is 4.79 Å². The van der Waals surface area contributed by atoms with Crippen LogP contribution in [0.2, 0.25) is 0 Å². The van der Waals surface area contributed by atoms with Gasteiger partial charge in [0.25, 0.3) is 0 Å². The topological polar surface area (TPSA) is 47.9 Å². The number of oxime groups is 1. The summed E-state index contributed by atoms with van der Waals surface area (Å²) in [4.78, 5) is 16.4. The number of halogens is 2. The fraction of sp³-hybridized carbons (Fsp3) is 0.625. The molecule has 4 nitrogen and oxygen atoms in total. The van der Waals surface area contributed by atoms with Crippen LogP contribution in [0.15, 0.2) is 26.4 Å². The molecule has 0 aromatic carbocycles. The first kappa shape index (κ1) is 15.9. The quantitative estimate of drug-likeness (QED) is 0.397. The largest absolute Gasteiger partial charge is 0.535 e. The molecule has 1 saturated carbocycles. The fourth-order valence-electron chi connectivity index (χ4n) is 3.90. The van der Waals surface area contributed by atoms with Gasteiger partial charge < -0.3 is 4.74 Å². The second-order valence-electron chi connectivity index (χ2n) is 6.24. The summed E-state index contributed by atoms with van der Waals surface area (Å²) in [6, 6.07) is 0.